The van der Waals surface area contributed by atoms with Crippen molar-refractivity contribution < 1.29 is 14.6 Å². The molecule has 2 aliphatic rings. The van der Waals surface area contributed by atoms with E-state index in [1.807, 2.05) is 0 Å². The lowest BCUT2D eigenvalue weighted by Crippen LogP contribution is -2.42. The number of amides is 1. The van der Waals surface area contributed by atoms with Crippen molar-refractivity contribution in [1.29, 1.82) is 0 Å². The number of benzene rings is 1. The molecule has 1 saturated heterocycles. The average molecular weight is 411 g/mol. The van der Waals surface area contributed by atoms with Crippen LogP contribution in [-0.2, 0) is 17.7 Å². The maximum Gasteiger partial charge on any atom is 0.251 e. The highest BCUT2D eigenvalue weighted by Crippen LogP contribution is 2.18. The Labute approximate surface area is 177 Å². The molecule has 0 saturated carbocycles. The van der Waals surface area contributed by atoms with E-state index < -0.39 is 6.10 Å². The van der Waals surface area contributed by atoms with E-state index in [2.05, 4.69) is 44.8 Å². The molecular weight excluding hydrogens is 380 g/mol. The van der Waals surface area contributed by atoms with Crippen LogP contribution in [0, 0.1) is 0 Å². The summed E-state index contributed by atoms with van der Waals surface area (Å²) in [7, 11) is 0. The van der Waals surface area contributed by atoms with Crippen LogP contribution in [0.25, 0.3) is 0 Å². The summed E-state index contributed by atoms with van der Waals surface area (Å²) in [5.41, 5.74) is 3.25. The lowest BCUT2D eigenvalue weighted by molar-refractivity contribution is 0.0841. The fraction of sp³-hybridized carbons (Fsp3) is 0.478. The van der Waals surface area contributed by atoms with Gasteiger partial charge in [-0.2, -0.15) is 0 Å². The zero-order valence-electron chi connectivity index (χ0n) is 17.2. The van der Waals surface area contributed by atoms with Gasteiger partial charge in [0.2, 0.25) is 0 Å². The highest BCUT2D eigenvalue weighted by Gasteiger charge is 2.19. The SMILES string of the molecule is O=C(NC[C@@H](O)CN1CCc2ccccc2C1)c1ccnc(NC2CCOCC2)c1. The molecule has 7 heteroatoms. The van der Waals surface area contributed by atoms with Crippen molar-refractivity contribution in [2.24, 2.45) is 0 Å². The lowest BCUT2D eigenvalue weighted by Gasteiger charge is -2.30. The lowest BCUT2D eigenvalue weighted by atomic mass is 10.00. The summed E-state index contributed by atoms with van der Waals surface area (Å²) in [5, 5.41) is 16.6. The van der Waals surface area contributed by atoms with Crippen molar-refractivity contribution in [3.8, 4) is 0 Å². The van der Waals surface area contributed by atoms with E-state index in [4.69, 9.17) is 4.74 Å². The van der Waals surface area contributed by atoms with Crippen molar-refractivity contribution in [3.05, 3.63) is 59.3 Å². The first kappa shape index (κ1) is 20.8. The Morgan fingerprint density at radius 3 is 2.87 bits per heavy atom. The Bertz CT molecular complexity index is 854. The smallest absolute Gasteiger partial charge is 0.251 e. The minimum absolute atomic E-state index is 0.199. The first-order valence-corrected chi connectivity index (χ1v) is 10.7. The molecule has 3 heterocycles. The number of ether oxygens (including phenoxy) is 1. The van der Waals surface area contributed by atoms with Gasteiger partial charge in [0.1, 0.15) is 5.82 Å². The Balaban J connectivity index is 1.24. The number of hydrogen-bond acceptors (Lipinski definition) is 6. The molecule has 3 N–H and O–H groups in total. The third-order valence-electron chi connectivity index (χ3n) is 5.77. The van der Waals surface area contributed by atoms with Crippen molar-refractivity contribution in [2.45, 2.75) is 38.0 Å². The molecule has 1 amide bonds. The number of anilines is 1. The van der Waals surface area contributed by atoms with Crippen molar-refractivity contribution in [2.75, 3.05) is 38.2 Å². The van der Waals surface area contributed by atoms with Gasteiger partial charge in [0.05, 0.1) is 6.10 Å². The molecule has 0 radical (unpaired) electrons. The Morgan fingerprint density at radius 2 is 2.03 bits per heavy atom. The predicted molar refractivity (Wildman–Crippen MR) is 115 cm³/mol. The van der Waals surface area contributed by atoms with E-state index in [1.165, 1.54) is 11.1 Å². The van der Waals surface area contributed by atoms with Gasteiger partial charge in [-0.3, -0.25) is 9.69 Å². The van der Waals surface area contributed by atoms with Gasteiger partial charge < -0.3 is 20.5 Å². The number of aliphatic hydroxyl groups is 1. The number of rotatable bonds is 7. The zero-order valence-corrected chi connectivity index (χ0v) is 17.2. The fourth-order valence-electron chi connectivity index (χ4n) is 4.09. The summed E-state index contributed by atoms with van der Waals surface area (Å²) in [4.78, 5) is 19.1. The van der Waals surface area contributed by atoms with E-state index in [0.717, 1.165) is 45.6 Å². The van der Waals surface area contributed by atoms with Gasteiger partial charge >= 0.3 is 0 Å². The van der Waals surface area contributed by atoms with Gasteiger partial charge in [0, 0.05) is 57.2 Å². The number of aliphatic hydroxyl groups excluding tert-OH is 1. The molecule has 1 atom stereocenters. The van der Waals surface area contributed by atoms with Crippen LogP contribution in [-0.4, -0.2) is 65.9 Å². The molecule has 0 aliphatic carbocycles. The predicted octanol–water partition coefficient (Wildman–Crippen LogP) is 1.82. The third kappa shape index (κ3) is 5.56. The highest BCUT2D eigenvalue weighted by molar-refractivity contribution is 5.94. The normalized spacial score (nSPS) is 18.4. The molecule has 2 aromatic rings. The van der Waals surface area contributed by atoms with E-state index in [0.29, 0.717) is 24.0 Å². The minimum Gasteiger partial charge on any atom is -0.390 e. The number of hydrogen-bond donors (Lipinski definition) is 3. The van der Waals surface area contributed by atoms with Gasteiger partial charge in [0.15, 0.2) is 0 Å². The second kappa shape index (κ2) is 10.0. The first-order valence-electron chi connectivity index (χ1n) is 10.7. The molecule has 30 heavy (non-hydrogen) atoms. The summed E-state index contributed by atoms with van der Waals surface area (Å²) < 4.78 is 5.37. The number of nitrogens with zero attached hydrogens (tertiary/aromatic N) is 2. The Hall–Kier alpha value is -2.48. The van der Waals surface area contributed by atoms with Gasteiger partial charge in [-0.15, -0.1) is 0 Å². The standard InChI is InChI=1S/C23H30N4O3/c28-21(16-27-10-6-17-3-1-2-4-19(17)15-27)14-25-23(29)18-5-9-24-22(13-18)26-20-7-11-30-12-8-20/h1-5,9,13,20-21,28H,6-8,10-12,14-16H2,(H,24,26)(H,25,29)/t21-/m1/s1. The summed E-state index contributed by atoms with van der Waals surface area (Å²) in [5.74, 6) is 0.498. The van der Waals surface area contributed by atoms with Crippen LogP contribution < -0.4 is 10.6 Å². The van der Waals surface area contributed by atoms with Gasteiger partial charge in [-0.05, 0) is 42.5 Å². The van der Waals surface area contributed by atoms with E-state index >= 15 is 0 Å². The molecule has 1 aromatic carbocycles. The molecule has 7 nitrogen and oxygen atoms in total. The van der Waals surface area contributed by atoms with Gasteiger partial charge in [-0.25, -0.2) is 4.98 Å². The topological polar surface area (TPSA) is 86.7 Å². The van der Waals surface area contributed by atoms with Crippen LogP contribution >= 0.6 is 0 Å². The van der Waals surface area contributed by atoms with Crippen LogP contribution in [0.2, 0.25) is 0 Å². The van der Waals surface area contributed by atoms with Gasteiger partial charge in [-0.1, -0.05) is 24.3 Å². The molecule has 1 fully saturated rings. The first-order chi connectivity index (χ1) is 14.7. The monoisotopic (exact) mass is 410 g/mol. The molecule has 2 aliphatic heterocycles. The summed E-state index contributed by atoms with van der Waals surface area (Å²) in [6.45, 7) is 4.03. The number of carbonyl (C=O) groups excluding carboxylic acids is 1. The molecule has 0 bridgehead atoms. The Kier molecular flexibility index (Phi) is 6.94. The van der Waals surface area contributed by atoms with Crippen LogP contribution in [0.15, 0.2) is 42.6 Å². The molecule has 0 spiro atoms. The number of aromatic nitrogens is 1. The van der Waals surface area contributed by atoms with Crippen molar-refractivity contribution in [3.63, 3.8) is 0 Å². The molecule has 0 unspecified atom stereocenters. The fourth-order valence-corrected chi connectivity index (χ4v) is 4.09. The van der Waals surface area contributed by atoms with E-state index in [1.54, 1.807) is 18.3 Å². The van der Waals surface area contributed by atoms with Crippen LogP contribution in [0.5, 0.6) is 0 Å². The number of carbonyl (C=O) groups is 1. The van der Waals surface area contributed by atoms with E-state index in [9.17, 15) is 9.90 Å². The van der Waals surface area contributed by atoms with Crippen LogP contribution in [0.4, 0.5) is 5.82 Å². The summed E-state index contributed by atoms with van der Waals surface area (Å²) >= 11 is 0. The van der Waals surface area contributed by atoms with Crippen molar-refractivity contribution >= 4 is 11.7 Å². The van der Waals surface area contributed by atoms with Crippen LogP contribution in [0.1, 0.15) is 34.3 Å². The average Bonchev–Trinajstić information content (AvgIpc) is 2.78. The molecule has 1 aromatic heterocycles. The molecular formula is C23H30N4O3. The van der Waals surface area contributed by atoms with Crippen LogP contribution in [0.3, 0.4) is 0 Å². The van der Waals surface area contributed by atoms with Crippen molar-refractivity contribution in [1.82, 2.24) is 15.2 Å². The quantitative estimate of drug-likeness (QED) is 0.646. The second-order valence-corrected chi connectivity index (χ2v) is 8.08. The molecule has 4 rings (SSSR count). The van der Waals surface area contributed by atoms with E-state index in [-0.39, 0.29) is 12.5 Å². The minimum atomic E-state index is -0.610. The second-order valence-electron chi connectivity index (χ2n) is 8.08. The number of β-amino-alcohol motifs (C(OH)–C–C–N with tert-alkyl or cyclic N) is 1. The maximum atomic E-state index is 12.5. The molecule has 160 valence electrons. The highest BCUT2D eigenvalue weighted by atomic mass is 16.5. The maximum absolute atomic E-state index is 12.5. The largest absolute Gasteiger partial charge is 0.390 e. The summed E-state index contributed by atoms with van der Waals surface area (Å²) in [6, 6.07) is 12.2. The zero-order chi connectivity index (χ0) is 20.8. The summed E-state index contributed by atoms with van der Waals surface area (Å²) in [6.07, 6.45) is 3.89. The number of nitrogens with one attached hydrogen (secondary N) is 2. The van der Waals surface area contributed by atoms with Gasteiger partial charge in [0.25, 0.3) is 5.91 Å². The number of pyridine rings is 1. The Morgan fingerprint density at radius 1 is 1.23 bits per heavy atom. The number of fused-ring (bicyclic) bond motifs is 1. The third-order valence-corrected chi connectivity index (χ3v) is 5.77.